The number of benzene rings is 2. The summed E-state index contributed by atoms with van der Waals surface area (Å²) in [4.78, 5) is 11.6. The Morgan fingerprint density at radius 2 is 1.89 bits per heavy atom. The van der Waals surface area contributed by atoms with E-state index in [0.717, 1.165) is 16.9 Å². The summed E-state index contributed by atoms with van der Waals surface area (Å²) in [5.74, 6) is 0.979. The molecule has 0 radical (unpaired) electrons. The van der Waals surface area contributed by atoms with E-state index < -0.39 is 0 Å². The maximum Gasteiger partial charge on any atom is 0.271 e. The van der Waals surface area contributed by atoms with Gasteiger partial charge in [0.25, 0.3) is 5.91 Å². The highest BCUT2D eigenvalue weighted by molar-refractivity contribution is 6.31. The summed E-state index contributed by atoms with van der Waals surface area (Å²) in [6.07, 6.45) is 0. The summed E-state index contributed by atoms with van der Waals surface area (Å²) in [6, 6.07) is 18.4. The van der Waals surface area contributed by atoms with E-state index in [0.29, 0.717) is 10.8 Å². The number of rotatable bonds is 6. The molecule has 1 unspecified atom stereocenters. The third kappa shape index (κ3) is 4.35. The second-order valence-corrected chi connectivity index (χ2v) is 6.17. The second-order valence-electron chi connectivity index (χ2n) is 5.76. The fraction of sp³-hybridized carbons (Fsp3) is 0.150. The van der Waals surface area contributed by atoms with Crippen LogP contribution >= 0.6 is 11.6 Å². The van der Waals surface area contributed by atoms with E-state index in [1.54, 1.807) is 26.3 Å². The molecule has 7 heteroatoms. The maximum absolute atomic E-state index is 11.6. The molecule has 6 nitrogen and oxygen atoms in total. The second kappa shape index (κ2) is 8.51. The normalized spacial score (nSPS) is 11.5. The average molecular weight is 383 g/mol. The van der Waals surface area contributed by atoms with E-state index >= 15 is 0 Å². The van der Waals surface area contributed by atoms with Gasteiger partial charge in [0.2, 0.25) is 0 Å². The summed E-state index contributed by atoms with van der Waals surface area (Å²) >= 11 is 6.43. The van der Waals surface area contributed by atoms with Crippen LogP contribution in [0.15, 0.2) is 60.7 Å². The first-order valence-corrected chi connectivity index (χ1v) is 8.71. The van der Waals surface area contributed by atoms with Gasteiger partial charge in [0.05, 0.1) is 13.2 Å². The summed E-state index contributed by atoms with van der Waals surface area (Å²) in [7, 11) is 3.17. The first-order valence-electron chi connectivity index (χ1n) is 8.33. The molecule has 138 valence electrons. The van der Waals surface area contributed by atoms with E-state index in [2.05, 4.69) is 20.8 Å². The fourth-order valence-corrected chi connectivity index (χ4v) is 2.92. The van der Waals surface area contributed by atoms with Gasteiger partial charge in [-0.3, -0.25) is 4.79 Å². The third-order valence-electron chi connectivity index (χ3n) is 4.06. The number of carbonyl (C=O) groups is 1. The van der Waals surface area contributed by atoms with Crippen molar-refractivity contribution in [3.05, 3.63) is 82.5 Å². The number of aromatic nitrogens is 2. The van der Waals surface area contributed by atoms with Gasteiger partial charge >= 0.3 is 0 Å². The SMILES string of the molecule is CNC(=O)c1ccc(NC(c2cccc(OC)c2)c2ccccc2Cl)nn1. The minimum absolute atomic E-state index is 0.249. The van der Waals surface area contributed by atoms with Gasteiger partial charge in [0.1, 0.15) is 11.6 Å². The Balaban J connectivity index is 1.97. The monoisotopic (exact) mass is 382 g/mol. The third-order valence-corrected chi connectivity index (χ3v) is 4.40. The van der Waals surface area contributed by atoms with Crippen molar-refractivity contribution < 1.29 is 9.53 Å². The summed E-state index contributed by atoms with van der Waals surface area (Å²) < 4.78 is 5.34. The van der Waals surface area contributed by atoms with Crippen molar-refractivity contribution in [2.45, 2.75) is 6.04 Å². The van der Waals surface area contributed by atoms with Gasteiger partial charge in [-0.05, 0) is 41.5 Å². The van der Waals surface area contributed by atoms with Gasteiger partial charge in [-0.15, -0.1) is 10.2 Å². The summed E-state index contributed by atoms with van der Waals surface area (Å²) in [5.41, 5.74) is 2.10. The van der Waals surface area contributed by atoms with Gasteiger partial charge in [0.15, 0.2) is 5.69 Å². The topological polar surface area (TPSA) is 76.1 Å². The predicted octanol–water partition coefficient (Wildman–Crippen LogP) is 3.70. The Morgan fingerprint density at radius 1 is 1.07 bits per heavy atom. The molecule has 27 heavy (non-hydrogen) atoms. The van der Waals surface area contributed by atoms with Crippen molar-refractivity contribution in [3.63, 3.8) is 0 Å². The smallest absolute Gasteiger partial charge is 0.271 e. The lowest BCUT2D eigenvalue weighted by atomic mass is 9.98. The molecule has 0 spiro atoms. The van der Waals surface area contributed by atoms with Gasteiger partial charge in [-0.1, -0.05) is 41.9 Å². The number of hydrogen-bond donors (Lipinski definition) is 2. The molecule has 3 aromatic rings. The van der Waals surface area contributed by atoms with Crippen LogP contribution in [0.2, 0.25) is 5.02 Å². The van der Waals surface area contributed by atoms with E-state index in [-0.39, 0.29) is 17.6 Å². The maximum atomic E-state index is 11.6. The van der Waals surface area contributed by atoms with Crippen LogP contribution in [-0.2, 0) is 0 Å². The zero-order chi connectivity index (χ0) is 19.2. The first kappa shape index (κ1) is 18.7. The number of amides is 1. The lowest BCUT2D eigenvalue weighted by Gasteiger charge is -2.21. The molecule has 1 heterocycles. The number of nitrogens with zero attached hydrogens (tertiary/aromatic N) is 2. The first-order chi connectivity index (χ1) is 13.1. The Hall–Kier alpha value is -3.12. The molecule has 0 aliphatic heterocycles. The van der Waals surface area contributed by atoms with E-state index in [1.165, 1.54) is 0 Å². The van der Waals surface area contributed by atoms with Crippen LogP contribution in [0.3, 0.4) is 0 Å². The molecular weight excluding hydrogens is 364 g/mol. The van der Waals surface area contributed by atoms with Gasteiger partial charge in [0, 0.05) is 12.1 Å². The number of nitrogens with one attached hydrogen (secondary N) is 2. The minimum atomic E-state index is -0.288. The Labute approximate surface area is 162 Å². The molecule has 1 amide bonds. The van der Waals surface area contributed by atoms with Crippen LogP contribution in [0.5, 0.6) is 5.75 Å². The van der Waals surface area contributed by atoms with Crippen molar-refractivity contribution in [1.29, 1.82) is 0 Å². The standard InChI is InChI=1S/C20H19ClN4O2/c1-22-20(26)17-10-11-18(25-24-17)23-19(15-8-3-4-9-16(15)21)13-6-5-7-14(12-13)27-2/h3-12,19H,1-2H3,(H,22,26)(H,23,25). The highest BCUT2D eigenvalue weighted by Gasteiger charge is 2.18. The molecule has 0 saturated heterocycles. The van der Waals surface area contributed by atoms with Crippen molar-refractivity contribution in [2.24, 2.45) is 0 Å². The molecule has 0 aliphatic carbocycles. The molecule has 0 aliphatic rings. The Kier molecular flexibility index (Phi) is 5.88. The van der Waals surface area contributed by atoms with Crippen LogP contribution < -0.4 is 15.4 Å². The largest absolute Gasteiger partial charge is 0.497 e. The fourth-order valence-electron chi connectivity index (χ4n) is 2.68. The molecule has 2 aromatic carbocycles. The van der Waals surface area contributed by atoms with Crippen LogP contribution in [0.25, 0.3) is 0 Å². The molecule has 3 rings (SSSR count). The van der Waals surface area contributed by atoms with Crippen LogP contribution in [-0.4, -0.2) is 30.3 Å². The Bertz CT molecular complexity index is 931. The lowest BCUT2D eigenvalue weighted by molar-refractivity contribution is 0.0957. The number of ether oxygens (including phenoxy) is 1. The van der Waals surface area contributed by atoms with Crippen molar-refractivity contribution >= 4 is 23.3 Å². The minimum Gasteiger partial charge on any atom is -0.497 e. The average Bonchev–Trinajstić information content (AvgIpc) is 2.72. The van der Waals surface area contributed by atoms with Crippen LogP contribution in [0, 0.1) is 0 Å². The van der Waals surface area contributed by atoms with Crippen LogP contribution in [0.4, 0.5) is 5.82 Å². The highest BCUT2D eigenvalue weighted by atomic mass is 35.5. The lowest BCUT2D eigenvalue weighted by Crippen LogP contribution is -2.20. The zero-order valence-corrected chi connectivity index (χ0v) is 15.7. The molecule has 0 bridgehead atoms. The number of methoxy groups -OCH3 is 1. The van der Waals surface area contributed by atoms with Gasteiger partial charge < -0.3 is 15.4 Å². The van der Waals surface area contributed by atoms with Gasteiger partial charge in [-0.25, -0.2) is 0 Å². The van der Waals surface area contributed by atoms with E-state index in [1.807, 2.05) is 48.5 Å². The highest BCUT2D eigenvalue weighted by Crippen LogP contribution is 2.32. The molecule has 1 aromatic heterocycles. The predicted molar refractivity (Wildman–Crippen MR) is 105 cm³/mol. The van der Waals surface area contributed by atoms with Crippen molar-refractivity contribution in [1.82, 2.24) is 15.5 Å². The quantitative estimate of drug-likeness (QED) is 0.679. The molecule has 0 saturated carbocycles. The zero-order valence-electron chi connectivity index (χ0n) is 14.9. The van der Waals surface area contributed by atoms with Gasteiger partial charge in [-0.2, -0.15) is 0 Å². The number of carbonyl (C=O) groups excluding carboxylic acids is 1. The van der Waals surface area contributed by atoms with Crippen molar-refractivity contribution in [2.75, 3.05) is 19.5 Å². The Morgan fingerprint density at radius 3 is 2.56 bits per heavy atom. The van der Waals surface area contributed by atoms with E-state index in [9.17, 15) is 4.79 Å². The number of anilines is 1. The van der Waals surface area contributed by atoms with Crippen LogP contribution in [0.1, 0.15) is 27.7 Å². The van der Waals surface area contributed by atoms with E-state index in [4.69, 9.17) is 16.3 Å². The molecule has 1 atom stereocenters. The van der Waals surface area contributed by atoms with Crippen molar-refractivity contribution in [3.8, 4) is 5.75 Å². The summed E-state index contributed by atoms with van der Waals surface area (Å²) in [6.45, 7) is 0. The molecule has 2 N–H and O–H groups in total. The molecular formula is C20H19ClN4O2. The molecule has 0 fully saturated rings. The summed E-state index contributed by atoms with van der Waals surface area (Å²) in [5, 5.41) is 14.6. The number of hydrogen-bond acceptors (Lipinski definition) is 5. The number of halogens is 1.